The first-order chi connectivity index (χ1) is 31.6. The maximum Gasteiger partial charge on any atom is 0.0540 e. The van der Waals surface area contributed by atoms with Gasteiger partial charge in [0.1, 0.15) is 0 Å². The van der Waals surface area contributed by atoms with E-state index in [0.29, 0.717) is 0 Å². The topological polar surface area (TPSA) is 3.24 Å². The highest BCUT2D eigenvalue weighted by Gasteiger charge is 2.37. The van der Waals surface area contributed by atoms with Gasteiger partial charge in [0.15, 0.2) is 0 Å². The molecule has 11 aromatic rings. The van der Waals surface area contributed by atoms with Gasteiger partial charge in [-0.15, -0.1) is 0 Å². The molecular formula is C63H45N. The highest BCUT2D eigenvalue weighted by molar-refractivity contribution is 6.14. The number of para-hydroxylation sites is 3. The predicted molar refractivity (Wildman–Crippen MR) is 273 cm³/mol. The van der Waals surface area contributed by atoms with Gasteiger partial charge in [0.05, 0.1) is 17.1 Å². The third kappa shape index (κ3) is 5.93. The summed E-state index contributed by atoms with van der Waals surface area (Å²) < 4.78 is 0. The molecule has 0 bridgehead atoms. The molecule has 0 saturated heterocycles. The summed E-state index contributed by atoms with van der Waals surface area (Å²) in [5.74, 6) is 0. The number of fused-ring (bicyclic) bond motifs is 7. The molecule has 0 N–H and O–H groups in total. The summed E-state index contributed by atoms with van der Waals surface area (Å²) in [7, 11) is 0. The SMILES string of the molecule is CC1(C)c2ccccc2-c2c(-c3ccccc3N(c3ccccc3-c3cccc4c3ccc3ccccc34)c3ccccc3-c3cccc4cccc(-c5ccccc5)c34)cccc21. The van der Waals surface area contributed by atoms with Crippen LogP contribution in [-0.2, 0) is 5.41 Å². The summed E-state index contributed by atoms with van der Waals surface area (Å²) in [5, 5.41) is 7.45. The third-order valence-electron chi connectivity index (χ3n) is 13.7. The van der Waals surface area contributed by atoms with Crippen molar-refractivity contribution in [2.75, 3.05) is 4.90 Å². The number of anilines is 3. The molecule has 12 rings (SSSR count). The van der Waals surface area contributed by atoms with Gasteiger partial charge in [-0.25, -0.2) is 0 Å². The molecule has 1 heteroatoms. The van der Waals surface area contributed by atoms with Gasteiger partial charge in [-0.05, 0) is 101 Å². The van der Waals surface area contributed by atoms with Gasteiger partial charge >= 0.3 is 0 Å². The largest absolute Gasteiger partial charge is 0.309 e. The zero-order valence-electron chi connectivity index (χ0n) is 36.0. The van der Waals surface area contributed by atoms with Crippen molar-refractivity contribution in [3.63, 3.8) is 0 Å². The minimum absolute atomic E-state index is 0.126. The molecule has 0 aromatic heterocycles. The zero-order chi connectivity index (χ0) is 42.8. The molecule has 302 valence electrons. The van der Waals surface area contributed by atoms with Gasteiger partial charge in [0, 0.05) is 22.1 Å². The molecule has 0 unspecified atom stereocenters. The number of nitrogens with zero attached hydrogens (tertiary/aromatic N) is 1. The lowest BCUT2D eigenvalue weighted by molar-refractivity contribution is 0.660. The van der Waals surface area contributed by atoms with Gasteiger partial charge in [-0.2, -0.15) is 0 Å². The molecule has 0 atom stereocenters. The molecule has 64 heavy (non-hydrogen) atoms. The van der Waals surface area contributed by atoms with Crippen molar-refractivity contribution < 1.29 is 0 Å². The van der Waals surface area contributed by atoms with Crippen molar-refractivity contribution >= 4 is 49.4 Å². The molecule has 0 aliphatic heterocycles. The van der Waals surface area contributed by atoms with E-state index in [9.17, 15) is 0 Å². The van der Waals surface area contributed by atoms with Gasteiger partial charge in [0.2, 0.25) is 0 Å². The monoisotopic (exact) mass is 815 g/mol. The minimum Gasteiger partial charge on any atom is -0.309 e. The average molecular weight is 816 g/mol. The number of hydrogen-bond acceptors (Lipinski definition) is 1. The quantitative estimate of drug-likeness (QED) is 0.145. The molecule has 0 radical (unpaired) electrons. The van der Waals surface area contributed by atoms with E-state index in [1.165, 1.54) is 93.5 Å². The van der Waals surface area contributed by atoms with Crippen LogP contribution in [0.25, 0.3) is 88.0 Å². The van der Waals surface area contributed by atoms with E-state index in [4.69, 9.17) is 0 Å². The highest BCUT2D eigenvalue weighted by atomic mass is 15.1. The van der Waals surface area contributed by atoms with Crippen LogP contribution in [0.5, 0.6) is 0 Å². The van der Waals surface area contributed by atoms with Crippen molar-refractivity contribution in [2.24, 2.45) is 0 Å². The van der Waals surface area contributed by atoms with Crippen molar-refractivity contribution in [1.29, 1.82) is 0 Å². The summed E-state index contributed by atoms with van der Waals surface area (Å²) in [6.45, 7) is 4.74. The molecule has 1 nitrogen and oxygen atoms in total. The van der Waals surface area contributed by atoms with Crippen molar-refractivity contribution in [2.45, 2.75) is 19.3 Å². The summed E-state index contributed by atoms with van der Waals surface area (Å²) in [6.07, 6.45) is 0. The fourth-order valence-electron chi connectivity index (χ4n) is 10.8. The van der Waals surface area contributed by atoms with Crippen molar-refractivity contribution in [3.05, 3.63) is 248 Å². The van der Waals surface area contributed by atoms with E-state index >= 15 is 0 Å². The van der Waals surface area contributed by atoms with Gasteiger partial charge in [-0.3, -0.25) is 0 Å². The van der Waals surface area contributed by atoms with Crippen LogP contribution in [-0.4, -0.2) is 0 Å². The maximum absolute atomic E-state index is 2.55. The first-order valence-corrected chi connectivity index (χ1v) is 22.4. The van der Waals surface area contributed by atoms with E-state index in [1.807, 2.05) is 0 Å². The van der Waals surface area contributed by atoms with Gasteiger partial charge < -0.3 is 4.90 Å². The predicted octanol–water partition coefficient (Wildman–Crippen LogP) is 17.6. The maximum atomic E-state index is 2.55. The van der Waals surface area contributed by atoms with Crippen molar-refractivity contribution in [1.82, 2.24) is 0 Å². The van der Waals surface area contributed by atoms with Gasteiger partial charge in [0.25, 0.3) is 0 Å². The summed E-state index contributed by atoms with van der Waals surface area (Å²) >= 11 is 0. The second-order valence-corrected chi connectivity index (χ2v) is 17.5. The van der Waals surface area contributed by atoms with Crippen molar-refractivity contribution in [3.8, 4) is 55.6 Å². The Kier molecular flexibility index (Phi) is 8.91. The molecule has 0 saturated carbocycles. The Bertz CT molecular complexity index is 3590. The van der Waals surface area contributed by atoms with Crippen LogP contribution in [0.3, 0.4) is 0 Å². The zero-order valence-corrected chi connectivity index (χ0v) is 36.0. The summed E-state index contributed by atoms with van der Waals surface area (Å²) in [6, 6.07) is 87.4. The van der Waals surface area contributed by atoms with E-state index in [0.717, 1.165) is 22.6 Å². The van der Waals surface area contributed by atoms with Crippen LogP contribution in [0.2, 0.25) is 0 Å². The lowest BCUT2D eigenvalue weighted by Crippen LogP contribution is -2.15. The standard InChI is InChI=1S/C63H45N/c1-63(2)56-35-12-8-29-55(56)62-54(34-19-36-57(62)63)52-28-11-15-39-60(52)64(58-37-13-9-26-50(58)48-32-18-31-47-45-25-7-6-22-43(45)40-41-49(47)48)59-38-14-10-27-51(59)53-33-17-24-44-23-16-30-46(61(44)53)42-20-4-3-5-21-42/h3-41H,1-2H3. The van der Waals surface area contributed by atoms with E-state index < -0.39 is 0 Å². The lowest BCUT2D eigenvalue weighted by atomic mass is 9.82. The van der Waals surface area contributed by atoms with Crippen LogP contribution >= 0.6 is 0 Å². The van der Waals surface area contributed by atoms with E-state index in [2.05, 4.69) is 255 Å². The Morgan fingerprint density at radius 3 is 1.48 bits per heavy atom. The van der Waals surface area contributed by atoms with E-state index in [1.54, 1.807) is 0 Å². The first kappa shape index (κ1) is 37.7. The number of hydrogen-bond donors (Lipinski definition) is 0. The smallest absolute Gasteiger partial charge is 0.0540 e. The Labute approximate surface area is 375 Å². The third-order valence-corrected chi connectivity index (χ3v) is 13.7. The Morgan fingerprint density at radius 2 is 0.750 bits per heavy atom. The molecule has 11 aromatic carbocycles. The number of benzene rings is 11. The normalized spacial score (nSPS) is 12.7. The number of rotatable bonds is 7. The first-order valence-electron chi connectivity index (χ1n) is 22.4. The minimum atomic E-state index is -0.126. The van der Waals surface area contributed by atoms with Gasteiger partial charge in [-0.1, -0.05) is 232 Å². The van der Waals surface area contributed by atoms with Crippen LogP contribution in [0.1, 0.15) is 25.0 Å². The second-order valence-electron chi connectivity index (χ2n) is 17.5. The molecular weight excluding hydrogens is 771 g/mol. The highest BCUT2D eigenvalue weighted by Crippen LogP contribution is 2.55. The Hall–Kier alpha value is -8.00. The van der Waals surface area contributed by atoms with E-state index in [-0.39, 0.29) is 5.41 Å². The molecule has 0 heterocycles. The fourth-order valence-corrected chi connectivity index (χ4v) is 10.8. The molecule has 0 spiro atoms. The average Bonchev–Trinajstić information content (AvgIpc) is 3.60. The van der Waals surface area contributed by atoms with Crippen LogP contribution < -0.4 is 4.90 Å². The Balaban J connectivity index is 1.17. The molecule has 0 fully saturated rings. The van der Waals surface area contributed by atoms with Crippen LogP contribution in [0, 0.1) is 0 Å². The lowest BCUT2D eigenvalue weighted by Gasteiger charge is -2.32. The Morgan fingerprint density at radius 1 is 0.281 bits per heavy atom. The fraction of sp³-hybridized carbons (Fsp3) is 0.0476. The second kappa shape index (κ2) is 15.1. The summed E-state index contributed by atoms with van der Waals surface area (Å²) in [5.41, 5.74) is 18.1. The molecule has 1 aliphatic carbocycles. The summed E-state index contributed by atoms with van der Waals surface area (Å²) in [4.78, 5) is 2.55. The molecule has 0 amide bonds. The van der Waals surface area contributed by atoms with Crippen LogP contribution in [0.4, 0.5) is 17.1 Å². The van der Waals surface area contributed by atoms with Crippen LogP contribution in [0.15, 0.2) is 237 Å². The molecule has 1 aliphatic rings.